The highest BCUT2D eigenvalue weighted by Crippen LogP contribution is 2.42. The largest absolute Gasteiger partial charge is 0.503 e. The smallest absolute Gasteiger partial charge is 0.290 e. The highest BCUT2D eigenvalue weighted by Gasteiger charge is 2.44. The molecule has 1 aromatic carbocycles. The third kappa shape index (κ3) is 5.57. The molecule has 1 aliphatic heterocycles. The van der Waals surface area contributed by atoms with E-state index in [1.165, 1.54) is 16.2 Å². The summed E-state index contributed by atoms with van der Waals surface area (Å²) in [4.78, 5) is 28.1. The molecule has 7 nitrogen and oxygen atoms in total. The van der Waals surface area contributed by atoms with Crippen molar-refractivity contribution in [2.45, 2.75) is 39.2 Å². The molecule has 1 aliphatic rings. The summed E-state index contributed by atoms with van der Waals surface area (Å²) >= 11 is 1.27. The van der Waals surface area contributed by atoms with Crippen molar-refractivity contribution >= 4 is 23.0 Å². The normalized spacial score (nSPS) is 15.9. The second-order valence-corrected chi connectivity index (χ2v) is 8.61. The molecule has 0 saturated heterocycles. The summed E-state index contributed by atoms with van der Waals surface area (Å²) in [5, 5.41) is 12.5. The molecule has 2 heterocycles. The molecule has 1 amide bonds. The molecule has 0 aliphatic carbocycles. The van der Waals surface area contributed by atoms with Crippen LogP contribution >= 0.6 is 11.3 Å². The Morgan fingerprint density at radius 1 is 1.12 bits per heavy atom. The Bertz CT molecular complexity index is 985. The molecule has 1 N–H and O–H groups in total. The van der Waals surface area contributed by atoms with Crippen LogP contribution in [0.2, 0.25) is 0 Å². The number of nitrogens with zero attached hydrogens (tertiary/aromatic N) is 1. The van der Waals surface area contributed by atoms with Crippen LogP contribution in [0.25, 0.3) is 0 Å². The van der Waals surface area contributed by atoms with Crippen LogP contribution < -0.4 is 9.47 Å². The maximum Gasteiger partial charge on any atom is 0.290 e. The molecule has 1 unspecified atom stereocenters. The standard InChI is InChI=1S/C25H31NO6S/c1-4-6-7-13-32-18-11-10-17(16-19(18)31-5-2)22-21(23(27)20-9-8-15-33-20)24(28)25(29)26(22)12-14-30-3/h8-11,15-16,22,28H,4-7,12-14H2,1-3H3. The first-order valence-corrected chi connectivity index (χ1v) is 12.1. The van der Waals surface area contributed by atoms with Gasteiger partial charge < -0.3 is 24.2 Å². The van der Waals surface area contributed by atoms with E-state index in [0.717, 1.165) is 19.3 Å². The number of rotatable bonds is 13. The fourth-order valence-electron chi connectivity index (χ4n) is 3.81. The molecule has 3 rings (SSSR count). The minimum absolute atomic E-state index is 0.0672. The first kappa shape index (κ1) is 24.8. The van der Waals surface area contributed by atoms with E-state index < -0.39 is 17.7 Å². The maximum atomic E-state index is 13.3. The van der Waals surface area contributed by atoms with Gasteiger partial charge in [0.25, 0.3) is 5.91 Å². The second kappa shape index (κ2) is 11.9. The Morgan fingerprint density at radius 3 is 2.61 bits per heavy atom. The zero-order chi connectivity index (χ0) is 23.8. The lowest BCUT2D eigenvalue weighted by Crippen LogP contribution is -2.34. The monoisotopic (exact) mass is 473 g/mol. The zero-order valence-corrected chi connectivity index (χ0v) is 20.2. The average molecular weight is 474 g/mol. The van der Waals surface area contributed by atoms with Crippen LogP contribution in [0.1, 0.15) is 54.4 Å². The molecule has 1 aromatic heterocycles. The van der Waals surface area contributed by atoms with Gasteiger partial charge in [-0.1, -0.05) is 31.9 Å². The summed E-state index contributed by atoms with van der Waals surface area (Å²) in [5.41, 5.74) is 0.727. The van der Waals surface area contributed by atoms with E-state index >= 15 is 0 Å². The number of aliphatic hydroxyl groups excluding tert-OH is 1. The van der Waals surface area contributed by atoms with Gasteiger partial charge in [-0.15, -0.1) is 11.3 Å². The molecular formula is C25H31NO6S. The number of methoxy groups -OCH3 is 1. The molecular weight excluding hydrogens is 442 g/mol. The van der Waals surface area contributed by atoms with Gasteiger partial charge in [0, 0.05) is 13.7 Å². The first-order valence-electron chi connectivity index (χ1n) is 11.2. The van der Waals surface area contributed by atoms with Crippen LogP contribution in [0.4, 0.5) is 0 Å². The minimum Gasteiger partial charge on any atom is -0.503 e. The molecule has 0 bridgehead atoms. The lowest BCUT2D eigenvalue weighted by molar-refractivity contribution is -0.130. The van der Waals surface area contributed by atoms with Crippen molar-refractivity contribution in [2.75, 3.05) is 33.5 Å². The number of amides is 1. The van der Waals surface area contributed by atoms with E-state index in [9.17, 15) is 14.7 Å². The van der Waals surface area contributed by atoms with Crippen molar-refractivity contribution in [1.82, 2.24) is 4.90 Å². The van der Waals surface area contributed by atoms with Gasteiger partial charge in [0.1, 0.15) is 0 Å². The van der Waals surface area contributed by atoms with Gasteiger partial charge in [0.2, 0.25) is 5.78 Å². The van der Waals surface area contributed by atoms with Crippen LogP contribution in [-0.2, 0) is 9.53 Å². The lowest BCUT2D eigenvalue weighted by atomic mass is 9.95. The molecule has 0 radical (unpaired) electrons. The molecule has 178 valence electrons. The van der Waals surface area contributed by atoms with Gasteiger partial charge in [0.15, 0.2) is 17.3 Å². The average Bonchev–Trinajstić information content (AvgIpc) is 3.44. The Labute approximate surface area is 198 Å². The summed E-state index contributed by atoms with van der Waals surface area (Å²) in [5.74, 6) is -0.315. The fourth-order valence-corrected chi connectivity index (χ4v) is 4.49. The highest BCUT2D eigenvalue weighted by molar-refractivity contribution is 7.12. The highest BCUT2D eigenvalue weighted by atomic mass is 32.1. The number of hydrogen-bond acceptors (Lipinski definition) is 7. The topological polar surface area (TPSA) is 85.3 Å². The predicted octanol–water partition coefficient (Wildman–Crippen LogP) is 4.94. The molecule has 8 heteroatoms. The van der Waals surface area contributed by atoms with E-state index in [4.69, 9.17) is 14.2 Å². The molecule has 0 spiro atoms. The number of ketones is 1. The minimum atomic E-state index is -0.754. The van der Waals surface area contributed by atoms with Gasteiger partial charge in [-0.2, -0.15) is 0 Å². The lowest BCUT2D eigenvalue weighted by Gasteiger charge is -2.27. The number of Topliss-reactive ketones (excluding diaryl/α,β-unsaturated/α-hetero) is 1. The number of carbonyl (C=O) groups excluding carboxylic acids is 2. The summed E-state index contributed by atoms with van der Waals surface area (Å²) in [7, 11) is 1.54. The molecule has 2 aromatic rings. The van der Waals surface area contributed by atoms with Crippen LogP contribution in [-0.4, -0.2) is 55.2 Å². The van der Waals surface area contributed by atoms with Crippen LogP contribution in [0.15, 0.2) is 47.0 Å². The van der Waals surface area contributed by atoms with Gasteiger partial charge >= 0.3 is 0 Å². The van der Waals surface area contributed by atoms with E-state index in [1.54, 1.807) is 36.8 Å². The third-order valence-corrected chi connectivity index (χ3v) is 6.29. The predicted molar refractivity (Wildman–Crippen MR) is 127 cm³/mol. The zero-order valence-electron chi connectivity index (χ0n) is 19.3. The summed E-state index contributed by atoms with van der Waals surface area (Å²) in [6, 6.07) is 8.10. The number of benzene rings is 1. The Balaban J connectivity index is 2.00. The molecule has 33 heavy (non-hydrogen) atoms. The molecule has 0 fully saturated rings. The molecule has 1 atom stereocenters. The Hall–Kier alpha value is -2.84. The fraction of sp³-hybridized carbons (Fsp3) is 0.440. The van der Waals surface area contributed by atoms with Crippen LogP contribution in [0.5, 0.6) is 11.5 Å². The van der Waals surface area contributed by atoms with Crippen molar-refractivity contribution in [3.8, 4) is 11.5 Å². The number of unbranched alkanes of at least 4 members (excludes halogenated alkanes) is 2. The maximum absolute atomic E-state index is 13.3. The van der Waals surface area contributed by atoms with Crippen molar-refractivity contribution in [1.29, 1.82) is 0 Å². The number of thiophene rings is 1. The Kier molecular flexibility index (Phi) is 8.91. The van der Waals surface area contributed by atoms with Crippen molar-refractivity contribution in [2.24, 2.45) is 0 Å². The summed E-state index contributed by atoms with van der Waals surface area (Å²) < 4.78 is 16.9. The van der Waals surface area contributed by atoms with E-state index in [2.05, 4.69) is 6.92 Å². The Morgan fingerprint density at radius 2 is 1.94 bits per heavy atom. The van der Waals surface area contributed by atoms with E-state index in [1.807, 2.05) is 13.0 Å². The number of carbonyl (C=O) groups is 2. The number of aliphatic hydroxyl groups is 1. The van der Waals surface area contributed by atoms with Gasteiger partial charge in [-0.25, -0.2) is 0 Å². The molecule has 0 saturated carbocycles. The van der Waals surface area contributed by atoms with Gasteiger partial charge in [-0.3, -0.25) is 9.59 Å². The quantitative estimate of drug-likeness (QED) is 0.328. The van der Waals surface area contributed by atoms with Gasteiger partial charge in [-0.05, 0) is 42.5 Å². The van der Waals surface area contributed by atoms with E-state index in [-0.39, 0.29) is 24.5 Å². The summed E-state index contributed by atoms with van der Waals surface area (Å²) in [6.07, 6.45) is 3.13. The van der Waals surface area contributed by atoms with Crippen LogP contribution in [0.3, 0.4) is 0 Å². The van der Waals surface area contributed by atoms with Crippen molar-refractivity contribution < 1.29 is 28.9 Å². The SMILES string of the molecule is CCCCCOc1ccc(C2C(C(=O)c3cccs3)=C(O)C(=O)N2CCOC)cc1OCC. The van der Waals surface area contributed by atoms with Crippen LogP contribution in [0, 0.1) is 0 Å². The second-order valence-electron chi connectivity index (χ2n) is 7.66. The van der Waals surface area contributed by atoms with Crippen molar-refractivity contribution in [3.63, 3.8) is 0 Å². The summed E-state index contributed by atoms with van der Waals surface area (Å²) in [6.45, 7) is 5.54. The number of hydrogen-bond donors (Lipinski definition) is 1. The first-order chi connectivity index (χ1) is 16.0. The third-order valence-electron chi connectivity index (χ3n) is 5.42. The van der Waals surface area contributed by atoms with Crippen molar-refractivity contribution in [3.05, 3.63) is 57.5 Å². The van der Waals surface area contributed by atoms with E-state index in [0.29, 0.717) is 35.2 Å². The number of ether oxygens (including phenoxy) is 3. The van der Waals surface area contributed by atoms with Gasteiger partial charge in [0.05, 0.1) is 36.3 Å².